The Balaban J connectivity index is 1.98. The number of benzene rings is 1. The van der Waals surface area contributed by atoms with Crippen LogP contribution >= 0.6 is 0 Å². The number of nitriles is 1. The molecule has 0 bridgehead atoms. The van der Waals surface area contributed by atoms with Crippen LogP contribution in [-0.2, 0) is 27.5 Å². The van der Waals surface area contributed by atoms with Gasteiger partial charge in [0.2, 0.25) is 0 Å². The van der Waals surface area contributed by atoms with Gasteiger partial charge < -0.3 is 4.74 Å². The lowest BCUT2D eigenvalue weighted by Crippen LogP contribution is -2.14. The molecule has 0 fully saturated rings. The zero-order chi connectivity index (χ0) is 22.1. The Morgan fingerprint density at radius 1 is 1.23 bits per heavy atom. The monoisotopic (exact) mass is 441 g/mol. The fourth-order valence-electron chi connectivity index (χ4n) is 2.63. The molecule has 0 radical (unpaired) electrons. The molecule has 2 heterocycles. The van der Waals surface area contributed by atoms with Crippen molar-refractivity contribution in [3.8, 4) is 23.1 Å². The number of halogens is 3. The lowest BCUT2D eigenvalue weighted by Gasteiger charge is -2.15. The van der Waals surface area contributed by atoms with Crippen molar-refractivity contribution < 1.29 is 30.5 Å². The Morgan fingerprint density at radius 3 is 2.60 bits per heavy atom. The number of hydrogen-bond donors (Lipinski definition) is 0. The molecule has 0 amide bonds. The van der Waals surface area contributed by atoms with Crippen molar-refractivity contribution in [2.75, 3.05) is 19.5 Å². The Labute approximate surface area is 168 Å². The molecular formula is C17H14F3N5O4S. The summed E-state index contributed by atoms with van der Waals surface area (Å²) in [4.78, 5) is 4.09. The zero-order valence-corrected chi connectivity index (χ0v) is 16.5. The summed E-state index contributed by atoms with van der Waals surface area (Å²) in [6, 6.07) is 6.62. The number of rotatable bonds is 6. The third-order valence-electron chi connectivity index (χ3n) is 3.93. The first-order valence-corrected chi connectivity index (χ1v) is 10.1. The summed E-state index contributed by atoms with van der Waals surface area (Å²) in [6.45, 7) is -0.839. The second kappa shape index (κ2) is 7.88. The number of hydrogen-bond acceptors (Lipinski definition) is 8. The van der Waals surface area contributed by atoms with Gasteiger partial charge in [0.05, 0.1) is 23.0 Å². The topological polar surface area (TPSA) is 120 Å². The van der Waals surface area contributed by atoms with E-state index in [2.05, 4.69) is 19.5 Å². The third-order valence-corrected chi connectivity index (χ3v) is 4.52. The summed E-state index contributed by atoms with van der Waals surface area (Å²) < 4.78 is 73.4. The Morgan fingerprint density at radius 2 is 1.97 bits per heavy atom. The normalized spacial score (nSPS) is 12.1. The van der Waals surface area contributed by atoms with Crippen LogP contribution in [0.1, 0.15) is 11.3 Å². The van der Waals surface area contributed by atoms with Crippen molar-refractivity contribution in [3.05, 3.63) is 35.5 Å². The molecule has 0 atom stereocenters. The minimum Gasteiger partial charge on any atom is -0.490 e. The van der Waals surface area contributed by atoms with Gasteiger partial charge in [0.15, 0.2) is 5.69 Å². The SMILES string of the molecule is Cn1nnc2c(C#N)nc(-c3ccc(OCCOS(C)(=O)=O)c(C(F)(F)F)c3)cc21. The van der Waals surface area contributed by atoms with Crippen LogP contribution in [0.15, 0.2) is 24.3 Å². The molecule has 0 aliphatic carbocycles. The van der Waals surface area contributed by atoms with Gasteiger partial charge in [-0.3, -0.25) is 4.18 Å². The van der Waals surface area contributed by atoms with E-state index in [1.807, 2.05) is 6.07 Å². The molecule has 0 aliphatic heterocycles. The van der Waals surface area contributed by atoms with Gasteiger partial charge in [0.1, 0.15) is 30.5 Å². The van der Waals surface area contributed by atoms with Crippen molar-refractivity contribution in [2.24, 2.45) is 7.05 Å². The van der Waals surface area contributed by atoms with Gasteiger partial charge in [-0.25, -0.2) is 9.67 Å². The molecular weight excluding hydrogens is 427 g/mol. The van der Waals surface area contributed by atoms with Gasteiger partial charge in [-0.1, -0.05) is 5.21 Å². The number of ether oxygens (including phenoxy) is 1. The molecule has 30 heavy (non-hydrogen) atoms. The van der Waals surface area contributed by atoms with E-state index in [1.165, 1.54) is 16.8 Å². The molecule has 9 nitrogen and oxygen atoms in total. The summed E-state index contributed by atoms with van der Waals surface area (Å²) in [5.41, 5.74) is -0.247. The predicted octanol–water partition coefficient (Wildman–Crippen LogP) is 2.28. The van der Waals surface area contributed by atoms with Crippen molar-refractivity contribution in [1.82, 2.24) is 20.0 Å². The first-order valence-electron chi connectivity index (χ1n) is 8.29. The highest BCUT2D eigenvalue weighted by atomic mass is 32.2. The number of alkyl halides is 3. The summed E-state index contributed by atoms with van der Waals surface area (Å²) in [5, 5.41) is 16.9. The number of pyridine rings is 1. The fourth-order valence-corrected chi connectivity index (χ4v) is 3.00. The van der Waals surface area contributed by atoms with Gasteiger partial charge in [-0.2, -0.15) is 26.9 Å². The molecule has 13 heteroatoms. The third kappa shape index (κ3) is 4.66. The smallest absolute Gasteiger partial charge is 0.419 e. The van der Waals surface area contributed by atoms with Crippen LogP contribution in [0.2, 0.25) is 0 Å². The minimum absolute atomic E-state index is 0.0672. The van der Waals surface area contributed by atoms with Crippen LogP contribution in [0, 0.1) is 11.3 Å². The van der Waals surface area contributed by atoms with Gasteiger partial charge in [0, 0.05) is 12.6 Å². The second-order valence-corrected chi connectivity index (χ2v) is 7.78. The molecule has 0 unspecified atom stereocenters. The molecule has 158 valence electrons. The van der Waals surface area contributed by atoms with Crippen molar-refractivity contribution in [3.63, 3.8) is 0 Å². The van der Waals surface area contributed by atoms with Gasteiger partial charge >= 0.3 is 6.18 Å². The molecule has 0 saturated heterocycles. The van der Waals surface area contributed by atoms with Crippen molar-refractivity contribution >= 4 is 21.2 Å². The van der Waals surface area contributed by atoms with E-state index >= 15 is 0 Å². The highest BCUT2D eigenvalue weighted by Gasteiger charge is 2.35. The molecule has 0 N–H and O–H groups in total. The standard InChI is InChI=1S/C17H14F3N5O4S/c1-25-14-8-12(22-13(9-21)16(14)23-24-25)10-3-4-15(11(7-10)17(18,19)20)28-5-6-29-30(2,26)27/h3-4,7-8H,5-6H2,1-2H3. The van der Waals surface area contributed by atoms with E-state index < -0.39 is 40.8 Å². The van der Waals surface area contributed by atoms with E-state index in [9.17, 15) is 26.9 Å². The van der Waals surface area contributed by atoms with Crippen LogP contribution in [0.3, 0.4) is 0 Å². The molecule has 3 aromatic rings. The predicted molar refractivity (Wildman–Crippen MR) is 97.7 cm³/mol. The lowest BCUT2D eigenvalue weighted by atomic mass is 10.1. The maximum atomic E-state index is 13.6. The lowest BCUT2D eigenvalue weighted by molar-refractivity contribution is -0.139. The van der Waals surface area contributed by atoms with E-state index in [1.54, 1.807) is 7.05 Å². The zero-order valence-electron chi connectivity index (χ0n) is 15.6. The van der Waals surface area contributed by atoms with Crippen LogP contribution in [-0.4, -0.2) is 47.9 Å². The number of fused-ring (bicyclic) bond motifs is 1. The minimum atomic E-state index is -4.75. The summed E-state index contributed by atoms with van der Waals surface area (Å²) in [5.74, 6) is -0.493. The summed E-state index contributed by atoms with van der Waals surface area (Å²) in [6.07, 6.45) is -3.93. The first-order chi connectivity index (χ1) is 14.0. The second-order valence-electron chi connectivity index (χ2n) is 6.13. The van der Waals surface area contributed by atoms with Gasteiger partial charge in [-0.15, -0.1) is 5.10 Å². The fraction of sp³-hybridized carbons (Fsp3) is 0.294. The largest absolute Gasteiger partial charge is 0.490 e. The van der Waals surface area contributed by atoms with Gasteiger partial charge in [0.25, 0.3) is 10.1 Å². The van der Waals surface area contributed by atoms with E-state index in [0.717, 1.165) is 18.4 Å². The average Bonchev–Trinajstić information content (AvgIpc) is 3.04. The summed E-state index contributed by atoms with van der Waals surface area (Å²) in [7, 11) is -2.15. The van der Waals surface area contributed by atoms with Crippen molar-refractivity contribution in [2.45, 2.75) is 6.18 Å². The van der Waals surface area contributed by atoms with Crippen molar-refractivity contribution in [1.29, 1.82) is 5.26 Å². The highest BCUT2D eigenvalue weighted by molar-refractivity contribution is 7.85. The van der Waals surface area contributed by atoms with Crippen LogP contribution in [0.25, 0.3) is 22.3 Å². The van der Waals surface area contributed by atoms with E-state index in [0.29, 0.717) is 5.52 Å². The molecule has 1 aromatic carbocycles. The molecule has 0 spiro atoms. The molecule has 0 saturated carbocycles. The molecule has 2 aromatic heterocycles. The Bertz CT molecular complexity index is 1250. The maximum Gasteiger partial charge on any atom is 0.419 e. The summed E-state index contributed by atoms with van der Waals surface area (Å²) >= 11 is 0. The Hall–Kier alpha value is -3.24. The first kappa shape index (κ1) is 21.5. The number of aromatic nitrogens is 4. The Kier molecular flexibility index (Phi) is 5.64. The van der Waals surface area contributed by atoms with E-state index in [-0.39, 0.29) is 22.5 Å². The quantitative estimate of drug-likeness (QED) is 0.422. The number of nitrogens with zero attached hydrogens (tertiary/aromatic N) is 5. The maximum absolute atomic E-state index is 13.6. The van der Waals surface area contributed by atoms with Gasteiger partial charge in [-0.05, 0) is 24.3 Å². The van der Waals surface area contributed by atoms with Crippen LogP contribution in [0.5, 0.6) is 5.75 Å². The van der Waals surface area contributed by atoms with E-state index in [4.69, 9.17) is 4.74 Å². The molecule has 0 aliphatic rings. The molecule has 3 rings (SSSR count). The highest BCUT2D eigenvalue weighted by Crippen LogP contribution is 2.39. The van der Waals surface area contributed by atoms with Crippen LogP contribution in [0.4, 0.5) is 13.2 Å². The number of aryl methyl sites for hydroxylation is 1. The van der Waals surface area contributed by atoms with Crippen LogP contribution < -0.4 is 4.74 Å². The average molecular weight is 441 g/mol.